The van der Waals surface area contributed by atoms with E-state index in [0.29, 0.717) is 18.9 Å². The summed E-state index contributed by atoms with van der Waals surface area (Å²) in [5, 5.41) is 3.05. The molecule has 6 heteroatoms. The monoisotopic (exact) mass is 366 g/mol. The highest BCUT2D eigenvalue weighted by molar-refractivity contribution is 5.85. The van der Waals surface area contributed by atoms with Gasteiger partial charge in [0.2, 0.25) is 5.91 Å². The molecule has 2 aliphatic rings. The van der Waals surface area contributed by atoms with Crippen molar-refractivity contribution >= 4 is 24.1 Å². The summed E-state index contributed by atoms with van der Waals surface area (Å²) in [7, 11) is 0. The van der Waals surface area contributed by atoms with E-state index in [1.807, 2.05) is 12.3 Å². The van der Waals surface area contributed by atoms with E-state index in [1.165, 1.54) is 25.7 Å². The second-order valence-electron chi connectivity index (χ2n) is 7.26. The number of rotatable bonds is 5. The molecule has 140 valence electrons. The van der Waals surface area contributed by atoms with Crippen LogP contribution in [0.2, 0.25) is 0 Å². The maximum Gasteiger partial charge on any atom is 0.220 e. The quantitative estimate of drug-likeness (QED) is 0.840. The standard InChI is InChI=1S/C19H30N4O.ClH/c20-17-7-5-6-16(17)13-19(24)22-14-15-8-9-21-18(12-15)23-10-3-1-2-4-11-23;/h8-9,12,16-17H,1-7,10-11,13-14,20H2,(H,22,24);1H/t16-,17+;/m0./s1. The molecular weight excluding hydrogens is 336 g/mol. The van der Waals surface area contributed by atoms with Crippen molar-refractivity contribution in [3.05, 3.63) is 23.9 Å². The molecule has 2 atom stereocenters. The van der Waals surface area contributed by atoms with Crippen molar-refractivity contribution in [3.8, 4) is 0 Å². The molecule has 2 heterocycles. The second kappa shape index (κ2) is 9.97. The number of anilines is 1. The SMILES string of the molecule is Cl.N[C@@H]1CCC[C@H]1CC(=O)NCc1ccnc(N2CCCCCC2)c1. The zero-order valence-electron chi connectivity index (χ0n) is 15.0. The summed E-state index contributed by atoms with van der Waals surface area (Å²) in [6.45, 7) is 2.74. The van der Waals surface area contributed by atoms with Crippen LogP contribution >= 0.6 is 12.4 Å². The molecule has 3 N–H and O–H groups in total. The number of nitrogens with one attached hydrogen (secondary N) is 1. The molecule has 0 aromatic carbocycles. The molecule has 1 saturated carbocycles. The minimum Gasteiger partial charge on any atom is -0.357 e. The van der Waals surface area contributed by atoms with Gasteiger partial charge in [-0.2, -0.15) is 0 Å². The second-order valence-corrected chi connectivity index (χ2v) is 7.26. The Labute approximate surface area is 157 Å². The molecule has 1 aliphatic carbocycles. The van der Waals surface area contributed by atoms with E-state index in [0.717, 1.165) is 43.7 Å². The number of halogens is 1. The molecule has 1 aromatic rings. The molecule has 1 aliphatic heterocycles. The summed E-state index contributed by atoms with van der Waals surface area (Å²) in [4.78, 5) is 19.0. The smallest absolute Gasteiger partial charge is 0.220 e. The molecule has 1 aromatic heterocycles. The van der Waals surface area contributed by atoms with Gasteiger partial charge >= 0.3 is 0 Å². The number of pyridine rings is 1. The Bertz CT molecular complexity index is 546. The summed E-state index contributed by atoms with van der Waals surface area (Å²) >= 11 is 0. The zero-order valence-corrected chi connectivity index (χ0v) is 15.8. The van der Waals surface area contributed by atoms with Gasteiger partial charge in [0.25, 0.3) is 0 Å². The highest BCUT2D eigenvalue weighted by Gasteiger charge is 2.25. The highest BCUT2D eigenvalue weighted by atomic mass is 35.5. The van der Waals surface area contributed by atoms with E-state index in [4.69, 9.17) is 5.73 Å². The molecular formula is C19H31ClN4O. The molecule has 25 heavy (non-hydrogen) atoms. The van der Waals surface area contributed by atoms with Gasteiger partial charge in [-0.25, -0.2) is 4.98 Å². The van der Waals surface area contributed by atoms with Crippen LogP contribution in [0.3, 0.4) is 0 Å². The first kappa shape index (κ1) is 20.0. The molecule has 0 radical (unpaired) electrons. The predicted octanol–water partition coefficient (Wildman–Crippen LogP) is 3.02. The molecule has 0 unspecified atom stereocenters. The van der Waals surface area contributed by atoms with Crippen molar-refractivity contribution in [2.45, 2.75) is 64.0 Å². The summed E-state index contributed by atoms with van der Waals surface area (Å²) in [5.74, 6) is 1.52. The Hall–Kier alpha value is -1.33. The molecule has 1 saturated heterocycles. The number of carbonyl (C=O) groups is 1. The average Bonchev–Trinajstić information content (AvgIpc) is 2.84. The Balaban J connectivity index is 0.00000225. The summed E-state index contributed by atoms with van der Waals surface area (Å²) in [6, 6.07) is 4.31. The van der Waals surface area contributed by atoms with Crippen LogP contribution in [0, 0.1) is 5.92 Å². The van der Waals surface area contributed by atoms with E-state index >= 15 is 0 Å². The molecule has 0 spiro atoms. The fraction of sp³-hybridized carbons (Fsp3) is 0.684. The van der Waals surface area contributed by atoms with Gasteiger partial charge in [0.05, 0.1) is 0 Å². The first-order valence-corrected chi connectivity index (χ1v) is 9.44. The minimum absolute atomic E-state index is 0. The van der Waals surface area contributed by atoms with Crippen LogP contribution in [0.5, 0.6) is 0 Å². The molecule has 1 amide bonds. The topological polar surface area (TPSA) is 71.2 Å². The van der Waals surface area contributed by atoms with Gasteiger partial charge in [-0.15, -0.1) is 12.4 Å². The first-order valence-electron chi connectivity index (χ1n) is 9.44. The van der Waals surface area contributed by atoms with Crippen molar-refractivity contribution in [1.29, 1.82) is 0 Å². The maximum atomic E-state index is 12.2. The summed E-state index contributed by atoms with van der Waals surface area (Å²) in [6.07, 6.45) is 10.8. The largest absolute Gasteiger partial charge is 0.357 e. The van der Waals surface area contributed by atoms with Gasteiger partial charge in [0.15, 0.2) is 0 Å². The predicted molar refractivity (Wildman–Crippen MR) is 104 cm³/mol. The summed E-state index contributed by atoms with van der Waals surface area (Å²) in [5.41, 5.74) is 7.17. The van der Waals surface area contributed by atoms with Gasteiger partial charge in [0.1, 0.15) is 5.82 Å². The van der Waals surface area contributed by atoms with E-state index in [1.54, 1.807) is 0 Å². The highest BCUT2D eigenvalue weighted by Crippen LogP contribution is 2.26. The lowest BCUT2D eigenvalue weighted by atomic mass is 10.00. The van der Waals surface area contributed by atoms with E-state index in [2.05, 4.69) is 21.3 Å². The van der Waals surface area contributed by atoms with E-state index in [9.17, 15) is 4.79 Å². The number of nitrogens with zero attached hydrogens (tertiary/aromatic N) is 2. The minimum atomic E-state index is 0. The molecule has 2 fully saturated rings. The van der Waals surface area contributed by atoms with Crippen LogP contribution in [-0.2, 0) is 11.3 Å². The number of carbonyl (C=O) groups excluding carboxylic acids is 1. The third-order valence-corrected chi connectivity index (χ3v) is 5.40. The van der Waals surface area contributed by atoms with Crippen molar-refractivity contribution in [3.63, 3.8) is 0 Å². The van der Waals surface area contributed by atoms with Crippen LogP contribution < -0.4 is 16.0 Å². The van der Waals surface area contributed by atoms with Crippen molar-refractivity contribution in [1.82, 2.24) is 10.3 Å². The lowest BCUT2D eigenvalue weighted by Gasteiger charge is -2.22. The average molecular weight is 367 g/mol. The lowest BCUT2D eigenvalue weighted by molar-refractivity contribution is -0.122. The van der Waals surface area contributed by atoms with Crippen LogP contribution in [-0.4, -0.2) is 30.0 Å². The molecule has 3 rings (SSSR count). The summed E-state index contributed by atoms with van der Waals surface area (Å²) < 4.78 is 0. The fourth-order valence-corrected chi connectivity index (χ4v) is 3.87. The third kappa shape index (κ3) is 5.86. The number of hydrogen-bond donors (Lipinski definition) is 2. The van der Waals surface area contributed by atoms with Gasteiger partial charge in [-0.1, -0.05) is 19.3 Å². The molecule has 0 bridgehead atoms. The Morgan fingerprint density at radius 2 is 1.96 bits per heavy atom. The normalized spacial score (nSPS) is 23.6. The van der Waals surface area contributed by atoms with Crippen LogP contribution in [0.15, 0.2) is 18.3 Å². The zero-order chi connectivity index (χ0) is 16.8. The van der Waals surface area contributed by atoms with Crippen LogP contribution in [0.4, 0.5) is 5.82 Å². The number of aromatic nitrogens is 1. The van der Waals surface area contributed by atoms with E-state index in [-0.39, 0.29) is 24.4 Å². The molecule has 5 nitrogen and oxygen atoms in total. The van der Waals surface area contributed by atoms with Gasteiger partial charge in [-0.05, 0) is 49.3 Å². The number of amides is 1. The van der Waals surface area contributed by atoms with Gasteiger partial charge < -0.3 is 16.0 Å². The fourth-order valence-electron chi connectivity index (χ4n) is 3.87. The Morgan fingerprint density at radius 3 is 2.64 bits per heavy atom. The van der Waals surface area contributed by atoms with Crippen molar-refractivity contribution in [2.75, 3.05) is 18.0 Å². The number of nitrogens with two attached hydrogens (primary N) is 1. The van der Waals surface area contributed by atoms with E-state index < -0.39 is 0 Å². The Morgan fingerprint density at radius 1 is 1.20 bits per heavy atom. The Kier molecular flexibility index (Phi) is 7.97. The van der Waals surface area contributed by atoms with Crippen LogP contribution in [0.25, 0.3) is 0 Å². The van der Waals surface area contributed by atoms with Crippen molar-refractivity contribution in [2.24, 2.45) is 11.7 Å². The van der Waals surface area contributed by atoms with Gasteiger partial charge in [-0.3, -0.25) is 4.79 Å². The van der Waals surface area contributed by atoms with Crippen LogP contribution in [0.1, 0.15) is 56.9 Å². The van der Waals surface area contributed by atoms with Gasteiger partial charge in [0, 0.05) is 38.3 Å². The maximum absolute atomic E-state index is 12.2. The lowest BCUT2D eigenvalue weighted by Crippen LogP contribution is -2.31. The third-order valence-electron chi connectivity index (χ3n) is 5.40. The van der Waals surface area contributed by atoms with Crippen molar-refractivity contribution < 1.29 is 4.79 Å². The number of hydrogen-bond acceptors (Lipinski definition) is 4. The first-order chi connectivity index (χ1) is 11.7.